The van der Waals surface area contributed by atoms with Crippen LogP contribution in [0.2, 0.25) is 0 Å². The van der Waals surface area contributed by atoms with E-state index < -0.39 is 5.91 Å². The molecule has 2 aromatic carbocycles. The van der Waals surface area contributed by atoms with Gasteiger partial charge in [-0.2, -0.15) is 0 Å². The monoisotopic (exact) mass is 453 g/mol. The van der Waals surface area contributed by atoms with Crippen LogP contribution in [0.1, 0.15) is 45.2 Å². The fraction of sp³-hybridized carbons (Fsp3) is 0.292. The van der Waals surface area contributed by atoms with Crippen LogP contribution < -0.4 is 20.5 Å². The van der Waals surface area contributed by atoms with Gasteiger partial charge in [0.15, 0.2) is 11.5 Å². The van der Waals surface area contributed by atoms with Crippen molar-refractivity contribution in [3.63, 3.8) is 0 Å². The SMILES string of the molecule is CCc1csc(C(Cc2ccc(C(N)=O)cc2)NC(=O)Cc2ccc(OC)c(OC)c2)n1. The van der Waals surface area contributed by atoms with E-state index >= 15 is 0 Å². The number of methoxy groups -OCH3 is 2. The van der Waals surface area contributed by atoms with Gasteiger partial charge in [-0.05, 0) is 48.2 Å². The second-order valence-electron chi connectivity index (χ2n) is 7.28. The quantitative estimate of drug-likeness (QED) is 0.489. The highest BCUT2D eigenvalue weighted by Gasteiger charge is 2.20. The lowest BCUT2D eigenvalue weighted by Crippen LogP contribution is -2.31. The highest BCUT2D eigenvalue weighted by molar-refractivity contribution is 7.09. The number of carbonyl (C=O) groups is 2. The molecular formula is C24H27N3O4S. The minimum Gasteiger partial charge on any atom is -0.493 e. The van der Waals surface area contributed by atoms with Crippen LogP contribution in [-0.4, -0.2) is 31.0 Å². The van der Waals surface area contributed by atoms with Crippen molar-refractivity contribution in [3.8, 4) is 11.5 Å². The molecule has 0 bridgehead atoms. The molecule has 0 fully saturated rings. The van der Waals surface area contributed by atoms with Gasteiger partial charge in [0, 0.05) is 10.9 Å². The maximum absolute atomic E-state index is 12.9. The maximum atomic E-state index is 12.9. The molecular weight excluding hydrogens is 426 g/mol. The Balaban J connectivity index is 1.77. The van der Waals surface area contributed by atoms with E-state index in [1.165, 1.54) is 11.3 Å². The lowest BCUT2D eigenvalue weighted by atomic mass is 10.0. The van der Waals surface area contributed by atoms with Crippen molar-refractivity contribution in [3.05, 3.63) is 75.2 Å². The first-order chi connectivity index (χ1) is 15.4. The lowest BCUT2D eigenvalue weighted by Gasteiger charge is -2.17. The number of nitrogens with two attached hydrogens (primary N) is 1. The summed E-state index contributed by atoms with van der Waals surface area (Å²) in [7, 11) is 3.14. The van der Waals surface area contributed by atoms with Gasteiger partial charge in [-0.15, -0.1) is 11.3 Å². The van der Waals surface area contributed by atoms with Crippen LogP contribution in [0, 0.1) is 0 Å². The number of rotatable bonds is 10. The van der Waals surface area contributed by atoms with Crippen molar-refractivity contribution in [2.45, 2.75) is 32.2 Å². The number of amides is 2. The molecule has 8 heteroatoms. The molecule has 1 heterocycles. The predicted octanol–water partition coefficient (Wildman–Crippen LogP) is 3.46. The number of ether oxygens (including phenoxy) is 2. The molecule has 0 saturated carbocycles. The number of hydrogen-bond donors (Lipinski definition) is 2. The van der Waals surface area contributed by atoms with E-state index in [1.807, 2.05) is 30.5 Å². The Labute approximate surface area is 191 Å². The van der Waals surface area contributed by atoms with Crippen LogP contribution in [-0.2, 0) is 24.1 Å². The normalized spacial score (nSPS) is 11.6. The summed E-state index contributed by atoms with van der Waals surface area (Å²) in [5.74, 6) is 0.605. The van der Waals surface area contributed by atoms with Crippen molar-refractivity contribution < 1.29 is 19.1 Å². The first-order valence-corrected chi connectivity index (χ1v) is 11.1. The van der Waals surface area contributed by atoms with E-state index in [9.17, 15) is 9.59 Å². The Kier molecular flexibility index (Phi) is 7.83. The van der Waals surface area contributed by atoms with Gasteiger partial charge in [0.2, 0.25) is 11.8 Å². The van der Waals surface area contributed by atoms with Crippen molar-refractivity contribution in [2.75, 3.05) is 14.2 Å². The molecule has 0 aliphatic heterocycles. The number of benzene rings is 2. The van der Waals surface area contributed by atoms with Gasteiger partial charge in [0.05, 0.1) is 32.4 Å². The zero-order chi connectivity index (χ0) is 23.1. The van der Waals surface area contributed by atoms with Crippen LogP contribution in [0.4, 0.5) is 0 Å². The fourth-order valence-electron chi connectivity index (χ4n) is 3.31. The number of carbonyl (C=O) groups excluding carboxylic acids is 2. The zero-order valence-electron chi connectivity index (χ0n) is 18.4. The minimum atomic E-state index is -0.469. The van der Waals surface area contributed by atoms with Crippen molar-refractivity contribution in [2.24, 2.45) is 5.73 Å². The maximum Gasteiger partial charge on any atom is 0.248 e. The van der Waals surface area contributed by atoms with Crippen molar-refractivity contribution >= 4 is 23.2 Å². The molecule has 7 nitrogen and oxygen atoms in total. The van der Waals surface area contributed by atoms with Crippen molar-refractivity contribution in [1.29, 1.82) is 0 Å². The van der Waals surface area contributed by atoms with Gasteiger partial charge in [-0.1, -0.05) is 25.1 Å². The van der Waals surface area contributed by atoms with Gasteiger partial charge in [-0.25, -0.2) is 4.98 Å². The van der Waals surface area contributed by atoms with E-state index in [2.05, 4.69) is 10.3 Å². The van der Waals surface area contributed by atoms with Crippen LogP contribution in [0.3, 0.4) is 0 Å². The van der Waals surface area contributed by atoms with E-state index in [-0.39, 0.29) is 18.4 Å². The second-order valence-corrected chi connectivity index (χ2v) is 8.17. The Bertz CT molecular complexity index is 1080. The number of thiazole rings is 1. The topological polar surface area (TPSA) is 104 Å². The van der Waals surface area contributed by atoms with Gasteiger partial charge < -0.3 is 20.5 Å². The van der Waals surface area contributed by atoms with Crippen LogP contribution >= 0.6 is 11.3 Å². The van der Waals surface area contributed by atoms with E-state index in [4.69, 9.17) is 15.2 Å². The first kappa shape index (κ1) is 23.3. The summed E-state index contributed by atoms with van der Waals surface area (Å²) < 4.78 is 10.6. The summed E-state index contributed by atoms with van der Waals surface area (Å²) >= 11 is 1.53. The average Bonchev–Trinajstić information content (AvgIpc) is 3.28. The molecule has 1 aromatic heterocycles. The number of hydrogen-bond acceptors (Lipinski definition) is 6. The highest BCUT2D eigenvalue weighted by Crippen LogP contribution is 2.28. The molecule has 0 spiro atoms. The standard InChI is InChI=1S/C24H27N3O4S/c1-4-18-14-32-24(26-18)19(11-15-5-8-17(9-6-15)23(25)29)27-22(28)13-16-7-10-20(30-2)21(12-16)31-3/h5-10,12,14,19H,4,11,13H2,1-3H3,(H2,25,29)(H,27,28). The second kappa shape index (κ2) is 10.8. The third kappa shape index (κ3) is 5.85. The number of aryl methyl sites for hydroxylation is 1. The van der Waals surface area contributed by atoms with Gasteiger partial charge >= 0.3 is 0 Å². The Morgan fingerprint density at radius 2 is 1.75 bits per heavy atom. The fourth-order valence-corrected chi connectivity index (χ4v) is 4.26. The zero-order valence-corrected chi connectivity index (χ0v) is 19.2. The van der Waals surface area contributed by atoms with Crippen molar-refractivity contribution in [1.82, 2.24) is 10.3 Å². The molecule has 0 aliphatic rings. The highest BCUT2D eigenvalue weighted by atomic mass is 32.1. The summed E-state index contributed by atoms with van der Waals surface area (Å²) in [6.45, 7) is 2.05. The van der Waals surface area contributed by atoms with E-state index in [1.54, 1.807) is 38.5 Å². The summed E-state index contributed by atoms with van der Waals surface area (Å²) in [4.78, 5) is 28.9. The number of nitrogens with zero attached hydrogens (tertiary/aromatic N) is 1. The van der Waals surface area contributed by atoms with Crippen LogP contribution in [0.15, 0.2) is 47.8 Å². The molecule has 3 N–H and O–H groups in total. The molecule has 32 heavy (non-hydrogen) atoms. The molecule has 0 saturated heterocycles. The Hall–Kier alpha value is -3.39. The number of primary amides is 1. The third-order valence-electron chi connectivity index (χ3n) is 5.06. The number of aromatic nitrogens is 1. The minimum absolute atomic E-state index is 0.121. The molecule has 1 unspecified atom stereocenters. The van der Waals surface area contributed by atoms with Gasteiger partial charge in [-0.3, -0.25) is 9.59 Å². The molecule has 0 radical (unpaired) electrons. The first-order valence-electron chi connectivity index (χ1n) is 10.3. The summed E-state index contributed by atoms with van der Waals surface area (Å²) in [5, 5.41) is 5.98. The van der Waals surface area contributed by atoms with Gasteiger partial charge in [0.25, 0.3) is 0 Å². The lowest BCUT2D eigenvalue weighted by molar-refractivity contribution is -0.121. The van der Waals surface area contributed by atoms with E-state index in [0.717, 1.165) is 28.2 Å². The molecule has 3 aromatic rings. The van der Waals surface area contributed by atoms with E-state index in [0.29, 0.717) is 23.5 Å². The van der Waals surface area contributed by atoms with Crippen LogP contribution in [0.25, 0.3) is 0 Å². The van der Waals surface area contributed by atoms with Gasteiger partial charge in [0.1, 0.15) is 5.01 Å². The molecule has 1 atom stereocenters. The average molecular weight is 454 g/mol. The molecule has 168 valence electrons. The summed E-state index contributed by atoms with van der Waals surface area (Å²) in [6, 6.07) is 12.2. The summed E-state index contributed by atoms with van der Waals surface area (Å²) in [6.07, 6.45) is 1.58. The Morgan fingerprint density at radius 3 is 2.34 bits per heavy atom. The van der Waals surface area contributed by atoms with Crippen LogP contribution in [0.5, 0.6) is 11.5 Å². The number of nitrogens with one attached hydrogen (secondary N) is 1. The molecule has 2 amide bonds. The Morgan fingerprint density at radius 1 is 1.06 bits per heavy atom. The smallest absolute Gasteiger partial charge is 0.248 e. The summed E-state index contributed by atoms with van der Waals surface area (Å²) in [5.41, 5.74) is 8.56. The largest absolute Gasteiger partial charge is 0.493 e. The predicted molar refractivity (Wildman–Crippen MR) is 124 cm³/mol. The third-order valence-corrected chi connectivity index (χ3v) is 6.06. The molecule has 0 aliphatic carbocycles. The molecule has 3 rings (SSSR count).